The highest BCUT2D eigenvalue weighted by atomic mass is 16.6. The van der Waals surface area contributed by atoms with E-state index in [1.54, 1.807) is 0 Å². The zero-order chi connectivity index (χ0) is 6.32. The van der Waals surface area contributed by atoms with Crippen LogP contribution < -0.4 is 0 Å². The summed E-state index contributed by atoms with van der Waals surface area (Å²) in [5.41, 5.74) is 0.0833. The van der Waals surface area contributed by atoms with Gasteiger partial charge in [-0.15, -0.1) is 0 Å². The first-order valence-corrected chi connectivity index (χ1v) is 3.57. The number of fused-ring (bicyclic) bond motifs is 1. The van der Waals surface area contributed by atoms with Crippen molar-refractivity contribution in [1.82, 2.24) is 0 Å². The Morgan fingerprint density at radius 2 is 2.33 bits per heavy atom. The highest BCUT2D eigenvalue weighted by molar-refractivity contribution is 4.93. The maximum absolute atomic E-state index is 5.54. The van der Waals surface area contributed by atoms with Gasteiger partial charge in [-0.25, -0.2) is 0 Å². The molecular formula is C7H12O2. The monoisotopic (exact) mass is 128 g/mol. The summed E-state index contributed by atoms with van der Waals surface area (Å²) in [6.45, 7) is 3.93. The summed E-state index contributed by atoms with van der Waals surface area (Å²) in [5, 5.41) is 0. The van der Waals surface area contributed by atoms with Gasteiger partial charge in [-0.2, -0.15) is 0 Å². The molecule has 2 aliphatic rings. The Bertz CT molecular complexity index is 112. The highest BCUT2D eigenvalue weighted by Gasteiger charge is 2.44. The first-order valence-electron chi connectivity index (χ1n) is 3.57. The maximum Gasteiger partial charge on any atom is 0.0937 e. The van der Waals surface area contributed by atoms with Crippen molar-refractivity contribution in [1.29, 1.82) is 0 Å². The standard InChI is InChI=1S/C7H12O2/c1-7-3-5-8-6(7)2-4-9-7/h6H,2-5H2,1H3. The SMILES string of the molecule is CC12CCOC1CCO2. The van der Waals surface area contributed by atoms with Crippen LogP contribution in [-0.4, -0.2) is 24.9 Å². The van der Waals surface area contributed by atoms with Gasteiger partial charge in [0.1, 0.15) is 0 Å². The summed E-state index contributed by atoms with van der Waals surface area (Å²) in [5.74, 6) is 0. The molecule has 2 heterocycles. The van der Waals surface area contributed by atoms with E-state index in [-0.39, 0.29) is 5.60 Å². The Kier molecular flexibility index (Phi) is 1.08. The Balaban J connectivity index is 2.17. The minimum atomic E-state index is 0.0833. The van der Waals surface area contributed by atoms with Gasteiger partial charge in [-0.05, 0) is 13.3 Å². The van der Waals surface area contributed by atoms with Gasteiger partial charge in [-0.3, -0.25) is 0 Å². The molecule has 0 aromatic heterocycles. The molecule has 0 bridgehead atoms. The van der Waals surface area contributed by atoms with Crippen molar-refractivity contribution in [2.75, 3.05) is 13.2 Å². The second kappa shape index (κ2) is 1.70. The van der Waals surface area contributed by atoms with Crippen molar-refractivity contribution < 1.29 is 9.47 Å². The van der Waals surface area contributed by atoms with Crippen LogP contribution in [0.15, 0.2) is 0 Å². The summed E-state index contributed by atoms with van der Waals surface area (Å²) in [6.07, 6.45) is 2.58. The van der Waals surface area contributed by atoms with Crippen molar-refractivity contribution in [2.45, 2.75) is 31.5 Å². The third kappa shape index (κ3) is 0.700. The highest BCUT2D eigenvalue weighted by Crippen LogP contribution is 2.36. The molecule has 0 aromatic carbocycles. The number of rotatable bonds is 0. The van der Waals surface area contributed by atoms with Crippen LogP contribution in [0.3, 0.4) is 0 Å². The summed E-state index contributed by atoms with van der Waals surface area (Å²) in [4.78, 5) is 0. The Hall–Kier alpha value is -0.0800. The van der Waals surface area contributed by atoms with Crippen molar-refractivity contribution in [2.24, 2.45) is 0 Å². The van der Waals surface area contributed by atoms with Crippen LogP contribution in [0, 0.1) is 0 Å². The van der Waals surface area contributed by atoms with E-state index < -0.39 is 0 Å². The molecule has 2 rings (SSSR count). The molecule has 0 amide bonds. The van der Waals surface area contributed by atoms with Gasteiger partial charge in [0.2, 0.25) is 0 Å². The third-order valence-electron chi connectivity index (χ3n) is 2.41. The Labute approximate surface area is 55.1 Å². The lowest BCUT2D eigenvalue weighted by Gasteiger charge is -2.19. The predicted octanol–water partition coefficient (Wildman–Crippen LogP) is 0.954. The van der Waals surface area contributed by atoms with Crippen LogP contribution in [0.25, 0.3) is 0 Å². The summed E-state index contributed by atoms with van der Waals surface area (Å²) in [7, 11) is 0. The van der Waals surface area contributed by atoms with E-state index in [1.165, 1.54) is 0 Å². The van der Waals surface area contributed by atoms with E-state index in [0.29, 0.717) is 6.10 Å². The molecule has 0 aromatic rings. The third-order valence-corrected chi connectivity index (χ3v) is 2.41. The van der Waals surface area contributed by atoms with Gasteiger partial charge in [0, 0.05) is 13.0 Å². The zero-order valence-corrected chi connectivity index (χ0v) is 5.72. The summed E-state index contributed by atoms with van der Waals surface area (Å²) >= 11 is 0. The van der Waals surface area contributed by atoms with Gasteiger partial charge >= 0.3 is 0 Å². The van der Waals surface area contributed by atoms with Gasteiger partial charge in [0.25, 0.3) is 0 Å². The predicted molar refractivity (Wildman–Crippen MR) is 33.3 cm³/mol. The Morgan fingerprint density at radius 1 is 1.44 bits per heavy atom. The molecule has 0 aliphatic carbocycles. The molecule has 2 nitrogen and oxygen atoms in total. The van der Waals surface area contributed by atoms with E-state index >= 15 is 0 Å². The Morgan fingerprint density at radius 3 is 3.11 bits per heavy atom. The second-order valence-corrected chi connectivity index (χ2v) is 3.06. The maximum atomic E-state index is 5.54. The lowest BCUT2D eigenvalue weighted by Crippen LogP contribution is -2.30. The van der Waals surface area contributed by atoms with Crippen LogP contribution in [-0.2, 0) is 9.47 Å². The molecule has 2 fully saturated rings. The van der Waals surface area contributed by atoms with Gasteiger partial charge in [-0.1, -0.05) is 0 Å². The molecule has 0 saturated carbocycles. The van der Waals surface area contributed by atoms with E-state index in [1.807, 2.05) is 0 Å². The summed E-state index contributed by atoms with van der Waals surface area (Å²) in [6, 6.07) is 0. The fourth-order valence-electron chi connectivity index (χ4n) is 1.69. The molecule has 0 radical (unpaired) electrons. The van der Waals surface area contributed by atoms with E-state index in [0.717, 1.165) is 26.1 Å². The van der Waals surface area contributed by atoms with E-state index in [9.17, 15) is 0 Å². The fraction of sp³-hybridized carbons (Fsp3) is 1.00. The van der Waals surface area contributed by atoms with Crippen LogP contribution in [0.5, 0.6) is 0 Å². The lowest BCUT2D eigenvalue weighted by atomic mass is 9.99. The average molecular weight is 128 g/mol. The molecule has 2 atom stereocenters. The second-order valence-electron chi connectivity index (χ2n) is 3.06. The molecule has 52 valence electrons. The largest absolute Gasteiger partial charge is 0.375 e. The molecule has 2 aliphatic heterocycles. The first-order chi connectivity index (χ1) is 4.31. The fourth-order valence-corrected chi connectivity index (χ4v) is 1.69. The molecule has 2 saturated heterocycles. The topological polar surface area (TPSA) is 18.5 Å². The van der Waals surface area contributed by atoms with Crippen LogP contribution in [0.1, 0.15) is 19.8 Å². The quantitative estimate of drug-likeness (QED) is 0.483. The summed E-state index contributed by atoms with van der Waals surface area (Å²) < 4.78 is 11.0. The molecular weight excluding hydrogens is 116 g/mol. The lowest BCUT2D eigenvalue weighted by molar-refractivity contribution is -0.00576. The van der Waals surface area contributed by atoms with Crippen molar-refractivity contribution in [3.63, 3.8) is 0 Å². The van der Waals surface area contributed by atoms with Crippen LogP contribution >= 0.6 is 0 Å². The number of hydrogen-bond acceptors (Lipinski definition) is 2. The molecule has 2 heteroatoms. The minimum Gasteiger partial charge on any atom is -0.375 e. The number of ether oxygens (including phenoxy) is 2. The molecule has 0 spiro atoms. The van der Waals surface area contributed by atoms with E-state index in [2.05, 4.69) is 6.92 Å². The zero-order valence-electron chi connectivity index (χ0n) is 5.72. The van der Waals surface area contributed by atoms with Gasteiger partial charge in [0.05, 0.1) is 18.3 Å². The van der Waals surface area contributed by atoms with Crippen molar-refractivity contribution >= 4 is 0 Å². The van der Waals surface area contributed by atoms with Crippen LogP contribution in [0.4, 0.5) is 0 Å². The number of hydrogen-bond donors (Lipinski definition) is 0. The minimum absolute atomic E-state index is 0.0833. The van der Waals surface area contributed by atoms with E-state index in [4.69, 9.17) is 9.47 Å². The van der Waals surface area contributed by atoms with Gasteiger partial charge in [0.15, 0.2) is 0 Å². The average Bonchev–Trinajstić information content (AvgIpc) is 2.22. The van der Waals surface area contributed by atoms with Crippen LogP contribution in [0.2, 0.25) is 0 Å². The first kappa shape index (κ1) is 5.69. The van der Waals surface area contributed by atoms with Gasteiger partial charge < -0.3 is 9.47 Å². The molecule has 2 unspecified atom stereocenters. The molecule has 0 N–H and O–H groups in total. The van der Waals surface area contributed by atoms with Crippen molar-refractivity contribution in [3.8, 4) is 0 Å². The smallest absolute Gasteiger partial charge is 0.0937 e. The normalized spacial score (nSPS) is 49.7. The van der Waals surface area contributed by atoms with Crippen molar-refractivity contribution in [3.05, 3.63) is 0 Å². The molecule has 9 heavy (non-hydrogen) atoms.